The number of alkyl halides is 1. The highest BCUT2D eigenvalue weighted by Crippen LogP contribution is 2.30. The van der Waals surface area contributed by atoms with Crippen LogP contribution in [0.5, 0.6) is 0 Å². The van der Waals surface area contributed by atoms with Crippen molar-refractivity contribution in [2.75, 3.05) is 12.4 Å². The highest BCUT2D eigenvalue weighted by molar-refractivity contribution is 6.19. The molecule has 0 spiro atoms. The van der Waals surface area contributed by atoms with Gasteiger partial charge in [-0.25, -0.2) is 0 Å². The number of amides is 1. The minimum atomic E-state index is -0.442. The van der Waals surface area contributed by atoms with E-state index in [0.29, 0.717) is 11.8 Å². The van der Waals surface area contributed by atoms with Crippen molar-refractivity contribution in [1.82, 2.24) is 5.32 Å². The smallest absolute Gasteiger partial charge is 0.226 e. The molecule has 0 heterocycles. The van der Waals surface area contributed by atoms with Crippen molar-refractivity contribution < 1.29 is 4.79 Å². The van der Waals surface area contributed by atoms with Crippen molar-refractivity contribution in [1.29, 1.82) is 0 Å². The van der Waals surface area contributed by atoms with E-state index in [2.05, 4.69) is 12.2 Å². The molecule has 1 fully saturated rings. The van der Waals surface area contributed by atoms with Gasteiger partial charge >= 0.3 is 0 Å². The summed E-state index contributed by atoms with van der Waals surface area (Å²) in [6.45, 7) is 6.89. The molecule has 0 radical (unpaired) electrons. The second-order valence-electron chi connectivity index (χ2n) is 6.02. The maximum atomic E-state index is 11.9. The third-order valence-electron chi connectivity index (χ3n) is 4.04. The Morgan fingerprint density at radius 1 is 1.24 bits per heavy atom. The minimum absolute atomic E-state index is 0.0881. The SMILES string of the molecule is CCC1CCC(CNC(=O)C(C)(C)CCl)CC1. The van der Waals surface area contributed by atoms with Gasteiger partial charge in [-0.3, -0.25) is 4.79 Å². The number of hydrogen-bond acceptors (Lipinski definition) is 1. The van der Waals surface area contributed by atoms with Crippen molar-refractivity contribution in [3.63, 3.8) is 0 Å². The van der Waals surface area contributed by atoms with Gasteiger partial charge in [0.05, 0.1) is 5.41 Å². The van der Waals surface area contributed by atoms with Gasteiger partial charge in [-0.15, -0.1) is 11.6 Å². The van der Waals surface area contributed by atoms with Crippen LogP contribution >= 0.6 is 11.6 Å². The largest absolute Gasteiger partial charge is 0.355 e. The average Bonchev–Trinajstić information content (AvgIpc) is 2.36. The first-order valence-electron chi connectivity index (χ1n) is 6.84. The van der Waals surface area contributed by atoms with Crippen LogP contribution in [0, 0.1) is 17.3 Å². The molecule has 100 valence electrons. The van der Waals surface area contributed by atoms with Gasteiger partial charge in [-0.05, 0) is 38.5 Å². The fourth-order valence-electron chi connectivity index (χ4n) is 2.38. The zero-order valence-corrected chi connectivity index (χ0v) is 12.1. The van der Waals surface area contributed by atoms with Gasteiger partial charge in [0.1, 0.15) is 0 Å². The van der Waals surface area contributed by atoms with Crippen LogP contribution in [0.2, 0.25) is 0 Å². The standard InChI is InChI=1S/C14H26ClNO/c1-4-11-5-7-12(8-6-11)9-16-13(17)14(2,3)10-15/h11-12H,4-10H2,1-3H3,(H,16,17). The van der Waals surface area contributed by atoms with Crippen LogP contribution < -0.4 is 5.32 Å². The summed E-state index contributed by atoms with van der Waals surface area (Å²) in [5.74, 6) is 2.06. The van der Waals surface area contributed by atoms with E-state index >= 15 is 0 Å². The molecule has 0 saturated heterocycles. The maximum absolute atomic E-state index is 11.9. The molecule has 0 bridgehead atoms. The Kier molecular flexibility index (Phi) is 5.78. The fourth-order valence-corrected chi connectivity index (χ4v) is 2.50. The lowest BCUT2D eigenvalue weighted by molar-refractivity contribution is -0.128. The number of carbonyl (C=O) groups is 1. The summed E-state index contributed by atoms with van der Waals surface area (Å²) >= 11 is 5.79. The number of rotatable bonds is 5. The summed E-state index contributed by atoms with van der Waals surface area (Å²) in [6.07, 6.45) is 6.49. The van der Waals surface area contributed by atoms with Crippen molar-refractivity contribution in [2.45, 2.75) is 52.9 Å². The highest BCUT2D eigenvalue weighted by atomic mass is 35.5. The summed E-state index contributed by atoms with van der Waals surface area (Å²) in [6, 6.07) is 0. The molecule has 1 aliphatic rings. The Labute approximate surface area is 110 Å². The van der Waals surface area contributed by atoms with E-state index in [1.807, 2.05) is 13.8 Å². The first-order chi connectivity index (χ1) is 7.99. The molecule has 1 saturated carbocycles. The van der Waals surface area contributed by atoms with Gasteiger partial charge in [0.2, 0.25) is 5.91 Å². The van der Waals surface area contributed by atoms with Crippen molar-refractivity contribution in [3.8, 4) is 0 Å². The molecule has 0 aromatic rings. The lowest BCUT2D eigenvalue weighted by Crippen LogP contribution is -2.40. The molecular formula is C14H26ClNO. The molecule has 1 rings (SSSR count). The second kappa shape index (κ2) is 6.63. The Balaban J connectivity index is 2.26. The molecule has 3 heteroatoms. The summed E-state index contributed by atoms with van der Waals surface area (Å²) in [4.78, 5) is 11.9. The van der Waals surface area contributed by atoms with E-state index in [1.165, 1.54) is 32.1 Å². The van der Waals surface area contributed by atoms with Crippen molar-refractivity contribution >= 4 is 17.5 Å². The summed E-state index contributed by atoms with van der Waals surface area (Å²) in [7, 11) is 0. The zero-order valence-electron chi connectivity index (χ0n) is 11.4. The molecule has 1 N–H and O–H groups in total. The number of carbonyl (C=O) groups excluding carboxylic acids is 1. The van der Waals surface area contributed by atoms with E-state index < -0.39 is 5.41 Å². The van der Waals surface area contributed by atoms with Crippen LogP contribution in [0.1, 0.15) is 52.9 Å². The molecule has 17 heavy (non-hydrogen) atoms. The van der Waals surface area contributed by atoms with Crippen LogP contribution in [0.15, 0.2) is 0 Å². The molecular weight excluding hydrogens is 234 g/mol. The van der Waals surface area contributed by atoms with Gasteiger partial charge in [0, 0.05) is 12.4 Å². The van der Waals surface area contributed by atoms with Gasteiger partial charge in [0.15, 0.2) is 0 Å². The third kappa shape index (κ3) is 4.50. The molecule has 0 aromatic heterocycles. The van der Waals surface area contributed by atoms with Crippen LogP contribution in [-0.2, 0) is 4.79 Å². The van der Waals surface area contributed by atoms with Gasteiger partial charge in [-0.1, -0.05) is 26.2 Å². The molecule has 0 atom stereocenters. The average molecular weight is 260 g/mol. The van der Waals surface area contributed by atoms with E-state index in [-0.39, 0.29) is 5.91 Å². The number of halogens is 1. The van der Waals surface area contributed by atoms with Crippen molar-refractivity contribution in [3.05, 3.63) is 0 Å². The first-order valence-corrected chi connectivity index (χ1v) is 7.37. The molecule has 1 amide bonds. The lowest BCUT2D eigenvalue weighted by Gasteiger charge is -2.29. The molecule has 0 aromatic carbocycles. The Bertz CT molecular complexity index is 245. The topological polar surface area (TPSA) is 29.1 Å². The Morgan fingerprint density at radius 2 is 1.76 bits per heavy atom. The number of hydrogen-bond donors (Lipinski definition) is 1. The summed E-state index contributed by atoms with van der Waals surface area (Å²) in [5.41, 5.74) is -0.442. The molecule has 1 aliphatic carbocycles. The van der Waals surface area contributed by atoms with E-state index in [1.54, 1.807) is 0 Å². The van der Waals surface area contributed by atoms with Gasteiger partial charge in [-0.2, -0.15) is 0 Å². The molecule has 0 unspecified atom stereocenters. The first kappa shape index (κ1) is 14.8. The third-order valence-corrected chi connectivity index (χ3v) is 4.71. The predicted octanol–water partition coefficient (Wildman–Crippen LogP) is 3.58. The van der Waals surface area contributed by atoms with E-state index in [0.717, 1.165) is 12.5 Å². The zero-order chi connectivity index (χ0) is 12.9. The van der Waals surface area contributed by atoms with E-state index in [9.17, 15) is 4.79 Å². The van der Waals surface area contributed by atoms with Crippen LogP contribution in [0.3, 0.4) is 0 Å². The lowest BCUT2D eigenvalue weighted by atomic mass is 9.81. The predicted molar refractivity (Wildman–Crippen MR) is 73.2 cm³/mol. The van der Waals surface area contributed by atoms with Crippen molar-refractivity contribution in [2.24, 2.45) is 17.3 Å². The summed E-state index contributed by atoms with van der Waals surface area (Å²) < 4.78 is 0. The van der Waals surface area contributed by atoms with Crippen LogP contribution in [0.25, 0.3) is 0 Å². The Morgan fingerprint density at radius 3 is 2.24 bits per heavy atom. The highest BCUT2D eigenvalue weighted by Gasteiger charge is 2.27. The quantitative estimate of drug-likeness (QED) is 0.752. The minimum Gasteiger partial charge on any atom is -0.355 e. The van der Waals surface area contributed by atoms with Gasteiger partial charge < -0.3 is 5.32 Å². The maximum Gasteiger partial charge on any atom is 0.226 e. The number of nitrogens with one attached hydrogen (secondary N) is 1. The second-order valence-corrected chi connectivity index (χ2v) is 6.29. The summed E-state index contributed by atoms with van der Waals surface area (Å²) in [5, 5.41) is 3.05. The monoisotopic (exact) mass is 259 g/mol. The van der Waals surface area contributed by atoms with Crippen LogP contribution in [-0.4, -0.2) is 18.3 Å². The Hall–Kier alpha value is -0.240. The van der Waals surface area contributed by atoms with E-state index in [4.69, 9.17) is 11.6 Å². The van der Waals surface area contributed by atoms with Gasteiger partial charge in [0.25, 0.3) is 0 Å². The fraction of sp³-hybridized carbons (Fsp3) is 0.929. The molecule has 2 nitrogen and oxygen atoms in total. The molecule has 0 aliphatic heterocycles. The normalized spacial score (nSPS) is 25.6. The van der Waals surface area contributed by atoms with Crippen LogP contribution in [0.4, 0.5) is 0 Å².